The fourth-order valence-electron chi connectivity index (χ4n) is 7.70. The predicted octanol–water partition coefficient (Wildman–Crippen LogP) is 12.6. The number of esters is 2. The van der Waals surface area contributed by atoms with Crippen molar-refractivity contribution in [1.29, 1.82) is 0 Å². The monoisotopic (exact) mass is 917 g/mol. The van der Waals surface area contributed by atoms with E-state index >= 15 is 0 Å². The zero-order chi connectivity index (χ0) is 47.3. The Labute approximate surface area is 396 Å². The van der Waals surface area contributed by atoms with Crippen molar-refractivity contribution in [2.24, 2.45) is 0 Å². The Hall–Kier alpha value is -2.60. The van der Waals surface area contributed by atoms with Gasteiger partial charge in [0, 0.05) is 12.8 Å². The van der Waals surface area contributed by atoms with E-state index in [1.54, 1.807) is 0 Å². The van der Waals surface area contributed by atoms with Crippen LogP contribution in [-0.4, -0.2) is 89.0 Å². The van der Waals surface area contributed by atoms with E-state index in [9.17, 15) is 30.0 Å². The molecule has 1 aliphatic heterocycles. The van der Waals surface area contributed by atoms with Crippen molar-refractivity contribution in [2.45, 2.75) is 256 Å². The summed E-state index contributed by atoms with van der Waals surface area (Å²) in [5.74, 6) is -0.824. The minimum atomic E-state index is -1.60. The number of rotatable bonds is 44. The van der Waals surface area contributed by atoms with E-state index in [-0.39, 0.29) is 32.0 Å². The number of carbonyl (C=O) groups excluding carboxylic acids is 2. The molecule has 4 N–H and O–H groups in total. The SMILES string of the molecule is CCCCC/C=C\C/C=C\C/C=C\CCCCCCCCC(=O)OC(COC(=O)CCCCCCCCCCC/C=C\C/C=C\CCCCCCC)COC1OC(CO)C(O)C(O)C1O. The molecule has 10 nitrogen and oxygen atoms in total. The van der Waals surface area contributed by atoms with Crippen LogP contribution in [0.4, 0.5) is 0 Å². The Balaban J connectivity index is 2.27. The van der Waals surface area contributed by atoms with E-state index in [1.807, 2.05) is 0 Å². The van der Waals surface area contributed by atoms with Crippen LogP contribution in [0.5, 0.6) is 0 Å². The summed E-state index contributed by atoms with van der Waals surface area (Å²) in [7, 11) is 0. The van der Waals surface area contributed by atoms with Gasteiger partial charge in [0.2, 0.25) is 0 Å². The van der Waals surface area contributed by atoms with Crippen molar-refractivity contribution < 1.29 is 49.0 Å². The molecule has 1 fully saturated rings. The molecule has 0 radical (unpaired) electrons. The van der Waals surface area contributed by atoms with Gasteiger partial charge in [0.25, 0.3) is 0 Å². The molecule has 6 unspecified atom stereocenters. The van der Waals surface area contributed by atoms with Crippen molar-refractivity contribution in [3.05, 3.63) is 60.8 Å². The number of hydrogen-bond acceptors (Lipinski definition) is 10. The molecular formula is C55H96O10. The highest BCUT2D eigenvalue weighted by Gasteiger charge is 2.44. The third-order valence-corrected chi connectivity index (χ3v) is 11.9. The summed E-state index contributed by atoms with van der Waals surface area (Å²) in [5.41, 5.74) is 0. The van der Waals surface area contributed by atoms with Crippen molar-refractivity contribution in [3.8, 4) is 0 Å². The average Bonchev–Trinajstić information content (AvgIpc) is 3.30. The van der Waals surface area contributed by atoms with Gasteiger partial charge >= 0.3 is 11.9 Å². The topological polar surface area (TPSA) is 152 Å². The third-order valence-electron chi connectivity index (χ3n) is 11.9. The van der Waals surface area contributed by atoms with Crippen LogP contribution in [0.3, 0.4) is 0 Å². The van der Waals surface area contributed by atoms with Gasteiger partial charge in [-0.15, -0.1) is 0 Å². The van der Waals surface area contributed by atoms with E-state index in [2.05, 4.69) is 74.6 Å². The highest BCUT2D eigenvalue weighted by atomic mass is 16.7. The van der Waals surface area contributed by atoms with Gasteiger partial charge in [-0.05, 0) is 83.5 Å². The maximum absolute atomic E-state index is 12.8. The lowest BCUT2D eigenvalue weighted by atomic mass is 9.99. The van der Waals surface area contributed by atoms with Crippen LogP contribution in [0.2, 0.25) is 0 Å². The van der Waals surface area contributed by atoms with Crippen molar-refractivity contribution in [2.75, 3.05) is 19.8 Å². The Morgan fingerprint density at radius 2 is 0.862 bits per heavy atom. The molecule has 6 atom stereocenters. The first-order valence-electron chi connectivity index (χ1n) is 26.4. The lowest BCUT2D eigenvalue weighted by Crippen LogP contribution is -2.59. The molecule has 0 spiro atoms. The smallest absolute Gasteiger partial charge is 0.306 e. The van der Waals surface area contributed by atoms with Crippen LogP contribution in [0.1, 0.15) is 219 Å². The molecule has 1 aliphatic rings. The molecule has 0 aromatic heterocycles. The molecule has 376 valence electrons. The molecule has 0 amide bonds. The molecule has 0 saturated carbocycles. The van der Waals surface area contributed by atoms with Crippen LogP contribution in [-0.2, 0) is 28.5 Å². The van der Waals surface area contributed by atoms with Crippen molar-refractivity contribution >= 4 is 11.9 Å². The number of allylic oxidation sites excluding steroid dienone is 10. The molecule has 0 aromatic rings. The minimum absolute atomic E-state index is 0.212. The van der Waals surface area contributed by atoms with Gasteiger partial charge in [-0.1, -0.05) is 184 Å². The zero-order valence-electron chi connectivity index (χ0n) is 41.2. The molecule has 1 rings (SSSR count). The third kappa shape index (κ3) is 36.2. The number of aliphatic hydroxyl groups is 4. The molecule has 10 heteroatoms. The van der Waals surface area contributed by atoms with E-state index in [0.29, 0.717) is 6.42 Å². The number of carbonyl (C=O) groups is 2. The summed E-state index contributed by atoms with van der Waals surface area (Å²) < 4.78 is 22.2. The Kier molecular flexibility index (Phi) is 42.0. The molecule has 0 aliphatic carbocycles. The lowest BCUT2D eigenvalue weighted by Gasteiger charge is -2.39. The molecule has 65 heavy (non-hydrogen) atoms. The summed E-state index contributed by atoms with van der Waals surface area (Å²) in [6.45, 7) is 3.38. The van der Waals surface area contributed by atoms with Crippen molar-refractivity contribution in [3.63, 3.8) is 0 Å². The van der Waals surface area contributed by atoms with Gasteiger partial charge in [0.1, 0.15) is 31.0 Å². The number of ether oxygens (including phenoxy) is 4. The van der Waals surface area contributed by atoms with Gasteiger partial charge in [0.05, 0.1) is 13.2 Å². The van der Waals surface area contributed by atoms with E-state index in [4.69, 9.17) is 18.9 Å². The number of unbranched alkanes of at least 4 members (excludes halogenated alkanes) is 23. The van der Waals surface area contributed by atoms with Crippen LogP contribution in [0.25, 0.3) is 0 Å². The predicted molar refractivity (Wildman–Crippen MR) is 265 cm³/mol. The number of aliphatic hydroxyl groups excluding tert-OH is 4. The number of hydrogen-bond donors (Lipinski definition) is 4. The fourth-order valence-corrected chi connectivity index (χ4v) is 7.70. The highest BCUT2D eigenvalue weighted by Crippen LogP contribution is 2.23. The summed E-state index contributed by atoms with van der Waals surface area (Å²) in [6, 6.07) is 0. The minimum Gasteiger partial charge on any atom is -0.462 e. The molecular weight excluding hydrogens is 821 g/mol. The van der Waals surface area contributed by atoms with Crippen LogP contribution in [0, 0.1) is 0 Å². The summed E-state index contributed by atoms with van der Waals surface area (Å²) >= 11 is 0. The quantitative estimate of drug-likeness (QED) is 0.0264. The van der Waals surface area contributed by atoms with Crippen LogP contribution >= 0.6 is 0 Å². The fraction of sp³-hybridized carbons (Fsp3) is 0.782. The summed E-state index contributed by atoms with van der Waals surface area (Å²) in [6.07, 6.45) is 49.3. The van der Waals surface area contributed by atoms with Gasteiger partial charge in [-0.3, -0.25) is 9.59 Å². The molecule has 0 aromatic carbocycles. The van der Waals surface area contributed by atoms with Gasteiger partial charge in [-0.2, -0.15) is 0 Å². The Morgan fingerprint density at radius 1 is 0.477 bits per heavy atom. The van der Waals surface area contributed by atoms with Gasteiger partial charge < -0.3 is 39.4 Å². The van der Waals surface area contributed by atoms with E-state index in [0.717, 1.165) is 89.9 Å². The van der Waals surface area contributed by atoms with E-state index < -0.39 is 49.4 Å². The maximum atomic E-state index is 12.8. The second kappa shape index (κ2) is 45.2. The summed E-state index contributed by atoms with van der Waals surface area (Å²) in [5, 5.41) is 40.2. The molecule has 0 bridgehead atoms. The standard InChI is InChI=1S/C55H96O10/c1-3-5-7-9-11-13-15-17-19-21-23-24-26-27-29-31-33-35-37-39-41-43-50(57)62-46-48(47-63-55-54(61)53(60)52(59)49(45-56)65-55)64-51(58)44-42-40-38-36-34-32-30-28-25-22-20-18-16-14-12-10-8-6-4-2/h12,14-15,17-18,20-21,23,25,28,48-49,52-56,59-61H,3-11,13,16,19,22,24,26-27,29-47H2,1-2H3/b14-12-,17-15-,20-18-,23-21-,28-25-. The average molecular weight is 917 g/mol. The zero-order valence-corrected chi connectivity index (χ0v) is 41.2. The highest BCUT2D eigenvalue weighted by molar-refractivity contribution is 5.70. The Bertz CT molecular complexity index is 1240. The molecule has 1 saturated heterocycles. The maximum Gasteiger partial charge on any atom is 0.306 e. The first-order valence-corrected chi connectivity index (χ1v) is 26.4. The first kappa shape index (κ1) is 60.4. The second-order valence-electron chi connectivity index (χ2n) is 18.0. The first-order chi connectivity index (χ1) is 31.8. The lowest BCUT2D eigenvalue weighted by molar-refractivity contribution is -0.305. The second-order valence-corrected chi connectivity index (χ2v) is 18.0. The Morgan fingerprint density at radius 3 is 1.32 bits per heavy atom. The van der Waals surface area contributed by atoms with Crippen molar-refractivity contribution in [1.82, 2.24) is 0 Å². The van der Waals surface area contributed by atoms with Gasteiger partial charge in [0.15, 0.2) is 12.4 Å². The largest absolute Gasteiger partial charge is 0.462 e. The van der Waals surface area contributed by atoms with E-state index in [1.165, 1.54) is 96.3 Å². The van der Waals surface area contributed by atoms with Gasteiger partial charge in [-0.25, -0.2) is 0 Å². The van der Waals surface area contributed by atoms with Crippen LogP contribution < -0.4 is 0 Å². The normalized spacial score (nSPS) is 19.8. The summed E-state index contributed by atoms with van der Waals surface area (Å²) in [4.78, 5) is 25.5. The van der Waals surface area contributed by atoms with Crippen LogP contribution in [0.15, 0.2) is 60.8 Å². The molecule has 1 heterocycles.